The maximum Gasteiger partial charge on any atom is 0.351 e. The molecule has 0 unspecified atom stereocenters. The predicted octanol–water partition coefficient (Wildman–Crippen LogP) is 0.570. The van der Waals surface area contributed by atoms with Crippen molar-refractivity contribution in [3.05, 3.63) is 12.2 Å². The molecule has 78 valence electrons. The molecular weight excluding hydrogens is 256 g/mol. The number of halogens is 1. The van der Waals surface area contributed by atoms with E-state index < -0.39 is 24.5 Å². The highest BCUT2D eigenvalue weighted by atomic mass is 79.9. The smallest absolute Gasteiger partial charge is 0.351 e. The zero-order chi connectivity index (χ0) is 11.1. The Kier molecular flexibility index (Phi) is 5.78. The van der Waals surface area contributed by atoms with Crippen molar-refractivity contribution >= 4 is 33.8 Å². The lowest BCUT2D eigenvalue weighted by Crippen LogP contribution is -2.20. The first-order valence-electron chi connectivity index (χ1n) is 3.59. The average molecular weight is 265 g/mol. The van der Waals surface area contributed by atoms with Crippen LogP contribution >= 0.6 is 15.9 Å². The van der Waals surface area contributed by atoms with E-state index in [0.717, 1.165) is 0 Å². The molecule has 6 heteroatoms. The second-order valence-electron chi connectivity index (χ2n) is 2.34. The zero-order valence-electron chi connectivity index (χ0n) is 7.54. The van der Waals surface area contributed by atoms with E-state index in [1.165, 1.54) is 6.92 Å². The van der Waals surface area contributed by atoms with Gasteiger partial charge in [-0.25, -0.2) is 9.59 Å². The minimum atomic E-state index is -0.913. The molecule has 0 aromatic rings. The summed E-state index contributed by atoms with van der Waals surface area (Å²) in [5.41, 5.74) is 0.171. The van der Waals surface area contributed by atoms with Crippen molar-refractivity contribution in [2.24, 2.45) is 0 Å². The Bertz CT molecular complexity index is 271. The second kappa shape index (κ2) is 6.31. The quantitative estimate of drug-likeness (QED) is 0.321. The van der Waals surface area contributed by atoms with Crippen LogP contribution in [0.4, 0.5) is 0 Å². The first-order chi connectivity index (χ1) is 6.47. The van der Waals surface area contributed by atoms with Crippen LogP contribution in [-0.4, -0.2) is 29.8 Å². The van der Waals surface area contributed by atoms with E-state index in [1.807, 2.05) is 0 Å². The molecule has 0 rings (SSSR count). The van der Waals surface area contributed by atoms with Gasteiger partial charge in [0.1, 0.15) is 5.33 Å². The monoisotopic (exact) mass is 264 g/mol. The van der Waals surface area contributed by atoms with Crippen LogP contribution in [0.3, 0.4) is 0 Å². The lowest BCUT2D eigenvalue weighted by Gasteiger charge is -2.02. The third kappa shape index (κ3) is 5.47. The van der Waals surface area contributed by atoms with Crippen molar-refractivity contribution in [3.8, 4) is 0 Å². The first-order valence-corrected chi connectivity index (χ1v) is 4.71. The van der Waals surface area contributed by atoms with Crippen LogP contribution in [-0.2, 0) is 23.9 Å². The fourth-order valence-corrected chi connectivity index (χ4v) is 0.546. The summed E-state index contributed by atoms with van der Waals surface area (Å²) in [5, 5.41) is -0.0901. The van der Waals surface area contributed by atoms with Gasteiger partial charge in [0.2, 0.25) is 0 Å². The summed E-state index contributed by atoms with van der Waals surface area (Å²) >= 11 is 2.80. The van der Waals surface area contributed by atoms with E-state index in [1.54, 1.807) is 0 Å². The molecule has 0 aliphatic carbocycles. The Balaban J connectivity index is 3.80. The summed E-state index contributed by atoms with van der Waals surface area (Å²) < 4.78 is 8.63. The van der Waals surface area contributed by atoms with Crippen molar-refractivity contribution in [2.45, 2.75) is 6.92 Å². The minimum Gasteiger partial charge on any atom is -0.450 e. The van der Waals surface area contributed by atoms with Crippen molar-refractivity contribution in [1.29, 1.82) is 0 Å². The van der Waals surface area contributed by atoms with E-state index in [0.29, 0.717) is 0 Å². The van der Waals surface area contributed by atoms with E-state index in [-0.39, 0.29) is 10.9 Å². The highest BCUT2D eigenvalue weighted by Crippen LogP contribution is 1.93. The molecule has 0 aromatic carbocycles. The van der Waals surface area contributed by atoms with Crippen LogP contribution in [0, 0.1) is 0 Å². The van der Waals surface area contributed by atoms with Gasteiger partial charge in [-0.3, -0.25) is 4.79 Å². The van der Waals surface area contributed by atoms with Gasteiger partial charge in [-0.15, -0.1) is 0 Å². The van der Waals surface area contributed by atoms with Crippen LogP contribution in [0.1, 0.15) is 6.92 Å². The molecule has 0 aliphatic heterocycles. The Morgan fingerprint density at radius 2 is 1.86 bits per heavy atom. The fraction of sp³-hybridized carbons (Fsp3) is 0.375. The average Bonchev–Trinajstić information content (AvgIpc) is 2.13. The van der Waals surface area contributed by atoms with Gasteiger partial charge in [-0.2, -0.15) is 0 Å². The maximum atomic E-state index is 10.8. The zero-order valence-corrected chi connectivity index (χ0v) is 9.13. The highest BCUT2D eigenvalue weighted by Gasteiger charge is 2.12. The van der Waals surface area contributed by atoms with Gasteiger partial charge in [-0.05, 0) is 6.92 Å². The van der Waals surface area contributed by atoms with Gasteiger partial charge < -0.3 is 9.47 Å². The number of rotatable bonds is 4. The molecule has 0 atom stereocenters. The maximum absolute atomic E-state index is 10.8. The lowest BCUT2D eigenvalue weighted by molar-refractivity contribution is -0.164. The molecule has 0 N–H and O–H groups in total. The minimum absolute atomic E-state index is 0.0901. The van der Waals surface area contributed by atoms with Crippen molar-refractivity contribution in [3.63, 3.8) is 0 Å². The molecule has 0 radical (unpaired) electrons. The first kappa shape index (κ1) is 12.8. The third-order valence-electron chi connectivity index (χ3n) is 1.01. The molecule has 14 heavy (non-hydrogen) atoms. The van der Waals surface area contributed by atoms with Gasteiger partial charge in [0.15, 0.2) is 6.61 Å². The van der Waals surface area contributed by atoms with Crippen LogP contribution in [0.15, 0.2) is 12.2 Å². The van der Waals surface area contributed by atoms with Gasteiger partial charge >= 0.3 is 17.9 Å². The second-order valence-corrected chi connectivity index (χ2v) is 2.90. The molecule has 0 aromatic heterocycles. The third-order valence-corrected chi connectivity index (χ3v) is 1.46. The largest absolute Gasteiger partial charge is 0.450 e. The van der Waals surface area contributed by atoms with Crippen molar-refractivity contribution < 1.29 is 23.9 Å². The van der Waals surface area contributed by atoms with Crippen LogP contribution in [0.5, 0.6) is 0 Å². The Morgan fingerprint density at radius 1 is 1.29 bits per heavy atom. The fourth-order valence-electron chi connectivity index (χ4n) is 0.431. The molecule has 0 saturated carbocycles. The number of esters is 3. The summed E-state index contributed by atoms with van der Waals surface area (Å²) in [6.07, 6.45) is 0. The van der Waals surface area contributed by atoms with Gasteiger partial charge in [-0.1, -0.05) is 22.5 Å². The summed E-state index contributed by atoms with van der Waals surface area (Å²) in [6, 6.07) is 0. The van der Waals surface area contributed by atoms with Gasteiger partial charge in [0.25, 0.3) is 0 Å². The predicted molar refractivity (Wildman–Crippen MR) is 50.7 cm³/mol. The molecule has 0 aliphatic rings. The summed E-state index contributed by atoms with van der Waals surface area (Å²) in [6.45, 7) is 4.16. The molecule has 0 heterocycles. The number of ether oxygens (including phenoxy) is 2. The summed E-state index contributed by atoms with van der Waals surface area (Å²) in [4.78, 5) is 32.1. The summed E-state index contributed by atoms with van der Waals surface area (Å²) in [5.74, 6) is -2.35. The molecule has 0 saturated heterocycles. The number of carbonyl (C=O) groups is 3. The van der Waals surface area contributed by atoms with Gasteiger partial charge in [0, 0.05) is 5.57 Å². The molecule has 0 spiro atoms. The topological polar surface area (TPSA) is 69.7 Å². The number of alkyl halides is 1. The van der Waals surface area contributed by atoms with Crippen molar-refractivity contribution in [1.82, 2.24) is 0 Å². The van der Waals surface area contributed by atoms with Crippen LogP contribution in [0.2, 0.25) is 0 Å². The van der Waals surface area contributed by atoms with E-state index in [4.69, 9.17) is 0 Å². The Morgan fingerprint density at radius 3 is 2.29 bits per heavy atom. The molecule has 0 fully saturated rings. The van der Waals surface area contributed by atoms with E-state index >= 15 is 0 Å². The standard InChI is InChI=1S/C8H9BrO5/c1-5(2)8(12)13-4-7(11)14-6(10)3-9/h1,3-4H2,2H3. The normalized spacial score (nSPS) is 9.00. The van der Waals surface area contributed by atoms with Crippen LogP contribution in [0.25, 0.3) is 0 Å². The van der Waals surface area contributed by atoms with Crippen LogP contribution < -0.4 is 0 Å². The summed E-state index contributed by atoms with van der Waals surface area (Å²) in [7, 11) is 0. The Hall–Kier alpha value is -1.17. The van der Waals surface area contributed by atoms with Gasteiger partial charge in [0.05, 0.1) is 0 Å². The SMILES string of the molecule is C=C(C)C(=O)OCC(=O)OC(=O)CBr. The van der Waals surface area contributed by atoms with E-state index in [2.05, 4.69) is 32.0 Å². The molecular formula is C8H9BrO5. The highest BCUT2D eigenvalue weighted by molar-refractivity contribution is 9.09. The number of carbonyl (C=O) groups excluding carboxylic acids is 3. The number of hydrogen-bond donors (Lipinski definition) is 0. The molecule has 0 amide bonds. The van der Waals surface area contributed by atoms with Crippen molar-refractivity contribution in [2.75, 3.05) is 11.9 Å². The molecule has 0 bridgehead atoms. The number of hydrogen-bond acceptors (Lipinski definition) is 5. The Labute approximate surface area is 89.2 Å². The van der Waals surface area contributed by atoms with E-state index in [9.17, 15) is 14.4 Å². The lowest BCUT2D eigenvalue weighted by atomic mass is 10.4. The molecule has 5 nitrogen and oxygen atoms in total.